The summed E-state index contributed by atoms with van der Waals surface area (Å²) in [5.74, 6) is 1.62. The molecule has 0 saturated carbocycles. The number of hydrogen-bond acceptors (Lipinski definition) is 4. The standard InChI is InChI=1S/C27H24N4O2/c1-19(21-7-3-2-4-8-21)31-25-15-20(17-28)12-13-24(25)29-26(31)18-33-23-10-5-9-22(16-23)30-14-6-11-27(30)32/h2-5,7-10,12-13,15-16,19H,6,11,14,18H2,1H3/t19-/m0/s1. The SMILES string of the molecule is C[C@@H](c1ccccc1)n1c(COc2cccc(N3CCCC3=O)c2)nc2ccc(C#N)cc21. The smallest absolute Gasteiger partial charge is 0.227 e. The second-order valence-corrected chi connectivity index (χ2v) is 8.23. The average molecular weight is 437 g/mol. The number of ether oxygens (including phenoxy) is 1. The van der Waals surface area contributed by atoms with Crippen molar-refractivity contribution in [1.29, 1.82) is 5.26 Å². The molecular weight excluding hydrogens is 412 g/mol. The third-order valence-electron chi connectivity index (χ3n) is 6.13. The molecule has 0 radical (unpaired) electrons. The summed E-state index contributed by atoms with van der Waals surface area (Å²) >= 11 is 0. The van der Waals surface area contributed by atoms with E-state index in [1.807, 2.05) is 59.5 Å². The first-order chi connectivity index (χ1) is 16.1. The highest BCUT2D eigenvalue weighted by Crippen LogP contribution is 2.29. The van der Waals surface area contributed by atoms with E-state index in [1.54, 1.807) is 6.07 Å². The number of benzene rings is 3. The number of nitriles is 1. The third kappa shape index (κ3) is 4.06. The number of fused-ring (bicyclic) bond motifs is 1. The maximum atomic E-state index is 12.1. The summed E-state index contributed by atoms with van der Waals surface area (Å²) in [4.78, 5) is 18.8. The van der Waals surface area contributed by atoms with Crippen LogP contribution in [0.1, 0.15) is 42.8 Å². The highest BCUT2D eigenvalue weighted by atomic mass is 16.5. The van der Waals surface area contributed by atoms with Crippen LogP contribution in [-0.2, 0) is 11.4 Å². The zero-order valence-electron chi connectivity index (χ0n) is 18.4. The van der Waals surface area contributed by atoms with Crippen LogP contribution in [-0.4, -0.2) is 22.0 Å². The van der Waals surface area contributed by atoms with E-state index in [0.717, 1.165) is 41.1 Å². The quantitative estimate of drug-likeness (QED) is 0.415. The molecule has 0 spiro atoms. The first-order valence-electron chi connectivity index (χ1n) is 11.1. The predicted octanol–water partition coefficient (Wildman–Crippen LogP) is 5.22. The Morgan fingerprint density at radius 3 is 2.70 bits per heavy atom. The third-order valence-corrected chi connectivity index (χ3v) is 6.13. The Morgan fingerprint density at radius 1 is 1.09 bits per heavy atom. The zero-order chi connectivity index (χ0) is 22.8. The second kappa shape index (κ2) is 8.79. The van der Waals surface area contributed by atoms with E-state index in [-0.39, 0.29) is 18.6 Å². The van der Waals surface area contributed by atoms with Crippen molar-refractivity contribution in [2.45, 2.75) is 32.4 Å². The molecule has 1 fully saturated rings. The monoisotopic (exact) mass is 436 g/mol. The zero-order valence-corrected chi connectivity index (χ0v) is 18.4. The van der Waals surface area contributed by atoms with E-state index in [0.29, 0.717) is 17.7 Å². The van der Waals surface area contributed by atoms with E-state index in [1.165, 1.54) is 0 Å². The van der Waals surface area contributed by atoms with Crippen LogP contribution < -0.4 is 9.64 Å². The minimum absolute atomic E-state index is 0.0114. The molecule has 164 valence electrons. The Balaban J connectivity index is 1.48. The number of carbonyl (C=O) groups excluding carboxylic acids is 1. The first-order valence-corrected chi connectivity index (χ1v) is 11.1. The summed E-state index contributed by atoms with van der Waals surface area (Å²) in [7, 11) is 0. The van der Waals surface area contributed by atoms with Gasteiger partial charge in [0.1, 0.15) is 18.2 Å². The van der Waals surface area contributed by atoms with Crippen molar-refractivity contribution in [3.63, 3.8) is 0 Å². The lowest BCUT2D eigenvalue weighted by Crippen LogP contribution is -2.23. The van der Waals surface area contributed by atoms with Crippen LogP contribution in [0, 0.1) is 11.3 Å². The van der Waals surface area contributed by atoms with Gasteiger partial charge in [0.15, 0.2) is 0 Å². The fourth-order valence-corrected chi connectivity index (χ4v) is 4.44. The summed E-state index contributed by atoms with van der Waals surface area (Å²) in [5, 5.41) is 9.40. The minimum Gasteiger partial charge on any atom is -0.486 e. The molecule has 1 saturated heterocycles. The van der Waals surface area contributed by atoms with Crippen molar-refractivity contribution in [3.8, 4) is 11.8 Å². The Bertz CT molecular complexity index is 1350. The number of anilines is 1. The molecule has 0 bridgehead atoms. The van der Waals surface area contributed by atoms with Gasteiger partial charge in [0.25, 0.3) is 0 Å². The van der Waals surface area contributed by atoms with E-state index in [4.69, 9.17) is 9.72 Å². The minimum atomic E-state index is 0.0114. The largest absolute Gasteiger partial charge is 0.486 e. The maximum absolute atomic E-state index is 12.1. The number of nitrogens with zero attached hydrogens (tertiary/aromatic N) is 4. The maximum Gasteiger partial charge on any atom is 0.227 e. The highest BCUT2D eigenvalue weighted by Gasteiger charge is 2.22. The fourth-order valence-electron chi connectivity index (χ4n) is 4.44. The molecule has 6 nitrogen and oxygen atoms in total. The Morgan fingerprint density at radius 2 is 1.94 bits per heavy atom. The van der Waals surface area contributed by atoms with Crippen molar-refractivity contribution < 1.29 is 9.53 Å². The van der Waals surface area contributed by atoms with Crippen LogP contribution in [0.3, 0.4) is 0 Å². The van der Waals surface area contributed by atoms with Gasteiger partial charge in [0.2, 0.25) is 5.91 Å². The number of rotatable bonds is 6. The van der Waals surface area contributed by atoms with Crippen LogP contribution in [0.5, 0.6) is 5.75 Å². The molecule has 1 aliphatic heterocycles. The summed E-state index contributed by atoms with van der Waals surface area (Å²) in [6.07, 6.45) is 1.48. The number of hydrogen-bond donors (Lipinski definition) is 0. The molecule has 0 N–H and O–H groups in total. The van der Waals surface area contributed by atoms with Gasteiger partial charge in [0.05, 0.1) is 28.7 Å². The lowest BCUT2D eigenvalue weighted by molar-refractivity contribution is -0.117. The van der Waals surface area contributed by atoms with Gasteiger partial charge >= 0.3 is 0 Å². The van der Waals surface area contributed by atoms with Gasteiger partial charge in [0, 0.05) is 24.7 Å². The number of imidazole rings is 1. The van der Waals surface area contributed by atoms with E-state index in [9.17, 15) is 10.1 Å². The van der Waals surface area contributed by atoms with Gasteiger partial charge in [-0.05, 0) is 49.2 Å². The molecule has 3 aromatic carbocycles. The normalized spacial score (nSPS) is 14.4. The first kappa shape index (κ1) is 20.8. The molecule has 1 aromatic heterocycles. The summed E-state index contributed by atoms with van der Waals surface area (Å²) < 4.78 is 8.29. The Kier molecular flexibility index (Phi) is 5.54. The molecule has 0 aliphatic carbocycles. The van der Waals surface area contributed by atoms with Crippen molar-refractivity contribution in [3.05, 3.63) is 89.7 Å². The molecule has 4 aromatic rings. The van der Waals surface area contributed by atoms with Crippen LogP contribution >= 0.6 is 0 Å². The molecule has 6 heteroatoms. The Labute approximate surface area is 192 Å². The number of carbonyl (C=O) groups is 1. The fraction of sp³-hybridized carbons (Fsp3) is 0.222. The molecule has 1 amide bonds. The molecule has 1 atom stereocenters. The molecule has 0 unspecified atom stereocenters. The highest BCUT2D eigenvalue weighted by molar-refractivity contribution is 5.95. The summed E-state index contributed by atoms with van der Waals surface area (Å²) in [6.45, 7) is 3.14. The predicted molar refractivity (Wildman–Crippen MR) is 127 cm³/mol. The van der Waals surface area contributed by atoms with E-state index in [2.05, 4.69) is 29.7 Å². The van der Waals surface area contributed by atoms with Crippen LogP contribution in [0.25, 0.3) is 11.0 Å². The van der Waals surface area contributed by atoms with Gasteiger partial charge in [-0.25, -0.2) is 4.98 Å². The van der Waals surface area contributed by atoms with Gasteiger partial charge in [-0.1, -0.05) is 36.4 Å². The van der Waals surface area contributed by atoms with Crippen LogP contribution in [0.4, 0.5) is 5.69 Å². The molecule has 1 aliphatic rings. The van der Waals surface area contributed by atoms with Crippen molar-refractivity contribution in [1.82, 2.24) is 9.55 Å². The topological polar surface area (TPSA) is 71.2 Å². The number of aromatic nitrogens is 2. The molecule has 2 heterocycles. The molecular formula is C27H24N4O2. The summed E-state index contributed by atoms with van der Waals surface area (Å²) in [5.41, 5.74) is 4.33. The number of amides is 1. The molecule has 33 heavy (non-hydrogen) atoms. The van der Waals surface area contributed by atoms with Gasteiger partial charge in [-0.15, -0.1) is 0 Å². The van der Waals surface area contributed by atoms with Gasteiger partial charge < -0.3 is 14.2 Å². The average Bonchev–Trinajstić information content (AvgIpc) is 3.45. The second-order valence-electron chi connectivity index (χ2n) is 8.23. The summed E-state index contributed by atoms with van der Waals surface area (Å²) in [6, 6.07) is 25.6. The lowest BCUT2D eigenvalue weighted by Gasteiger charge is -2.19. The van der Waals surface area contributed by atoms with Crippen molar-refractivity contribution in [2.75, 3.05) is 11.4 Å². The van der Waals surface area contributed by atoms with Crippen molar-refractivity contribution in [2.24, 2.45) is 0 Å². The Hall–Kier alpha value is -4.11. The van der Waals surface area contributed by atoms with Crippen LogP contribution in [0.2, 0.25) is 0 Å². The van der Waals surface area contributed by atoms with E-state index >= 15 is 0 Å². The van der Waals surface area contributed by atoms with Crippen molar-refractivity contribution >= 4 is 22.6 Å². The van der Waals surface area contributed by atoms with Gasteiger partial charge in [-0.2, -0.15) is 5.26 Å². The van der Waals surface area contributed by atoms with Gasteiger partial charge in [-0.3, -0.25) is 4.79 Å². The molecule has 5 rings (SSSR count). The van der Waals surface area contributed by atoms with Crippen LogP contribution in [0.15, 0.2) is 72.8 Å². The van der Waals surface area contributed by atoms with E-state index < -0.39 is 0 Å². The lowest BCUT2D eigenvalue weighted by atomic mass is 10.1.